The van der Waals surface area contributed by atoms with Crippen molar-refractivity contribution in [1.82, 2.24) is 10.4 Å². The highest BCUT2D eigenvalue weighted by Gasteiger charge is 2.21. The summed E-state index contributed by atoms with van der Waals surface area (Å²) >= 11 is 18.1. The first-order chi connectivity index (χ1) is 18.8. The van der Waals surface area contributed by atoms with Crippen LogP contribution in [0.1, 0.15) is 26.4 Å². The van der Waals surface area contributed by atoms with E-state index in [0.717, 1.165) is 24.5 Å². The number of carbonyl (C=O) groups is 2. The van der Waals surface area contributed by atoms with Gasteiger partial charge in [-0.25, -0.2) is 10.2 Å². The lowest BCUT2D eigenvalue weighted by Crippen LogP contribution is -2.19. The Morgan fingerprint density at radius 2 is 1.74 bits per heavy atom. The molecular formula is C29H17BrCl2IN3O3. The molecule has 0 aliphatic heterocycles. The standard InChI is InChI=1S/C29H17BrCl2IN3O3/c30-18-7-12-25(39-29(38)16-5-8-19(31)9-6-16)17(13-18)15-34-36-28(37)27-26(21-3-1-2-4-23(21)32)22-14-20(33)10-11-24(22)35-27/h1-15,35H,(H,36,37). The monoisotopic (exact) mass is 731 g/mol. The Hall–Kier alpha value is -3.18. The second-order valence-electron chi connectivity index (χ2n) is 8.32. The number of esters is 1. The molecule has 2 N–H and O–H groups in total. The van der Waals surface area contributed by atoms with Crippen LogP contribution in [0.5, 0.6) is 5.75 Å². The molecule has 0 unspecified atom stereocenters. The SMILES string of the molecule is O=C(Oc1ccc(Br)cc1C=NNC(=O)c1[nH]c2ccc(I)cc2c1-c1ccccc1Cl)c1ccc(Cl)cc1. The van der Waals surface area contributed by atoms with Crippen LogP contribution in [0.25, 0.3) is 22.0 Å². The van der Waals surface area contributed by atoms with Crippen LogP contribution >= 0.6 is 61.7 Å². The number of amides is 1. The van der Waals surface area contributed by atoms with E-state index in [1.165, 1.54) is 6.21 Å². The Morgan fingerprint density at radius 1 is 0.974 bits per heavy atom. The number of benzene rings is 4. The van der Waals surface area contributed by atoms with E-state index in [4.69, 9.17) is 27.9 Å². The van der Waals surface area contributed by atoms with Gasteiger partial charge in [-0.2, -0.15) is 5.10 Å². The van der Waals surface area contributed by atoms with Crippen LogP contribution in [0.3, 0.4) is 0 Å². The van der Waals surface area contributed by atoms with Crippen molar-refractivity contribution in [2.45, 2.75) is 0 Å². The quantitative estimate of drug-likeness (QED) is 0.0604. The molecular weight excluding hydrogens is 716 g/mol. The first-order valence-corrected chi connectivity index (χ1v) is 14.1. The Balaban J connectivity index is 1.43. The molecule has 4 aromatic carbocycles. The van der Waals surface area contributed by atoms with Gasteiger partial charge in [0.25, 0.3) is 5.91 Å². The van der Waals surface area contributed by atoms with Gasteiger partial charge in [0, 0.05) is 45.7 Å². The minimum absolute atomic E-state index is 0.271. The summed E-state index contributed by atoms with van der Waals surface area (Å²) in [6, 6.07) is 24.7. The van der Waals surface area contributed by atoms with E-state index < -0.39 is 11.9 Å². The van der Waals surface area contributed by atoms with Crippen molar-refractivity contribution in [2.24, 2.45) is 5.10 Å². The maximum Gasteiger partial charge on any atom is 0.343 e. The van der Waals surface area contributed by atoms with Crippen LogP contribution in [-0.2, 0) is 0 Å². The first-order valence-electron chi connectivity index (χ1n) is 11.5. The number of H-pyrrole nitrogens is 1. The van der Waals surface area contributed by atoms with Crippen LogP contribution in [-0.4, -0.2) is 23.1 Å². The molecule has 1 heterocycles. The Labute approximate surface area is 255 Å². The van der Waals surface area contributed by atoms with E-state index >= 15 is 0 Å². The minimum Gasteiger partial charge on any atom is -0.422 e. The molecule has 1 amide bonds. The number of aromatic amines is 1. The highest BCUT2D eigenvalue weighted by atomic mass is 127. The van der Waals surface area contributed by atoms with E-state index in [1.54, 1.807) is 48.5 Å². The first kappa shape index (κ1) is 27.4. The van der Waals surface area contributed by atoms with Gasteiger partial charge < -0.3 is 9.72 Å². The number of halogens is 4. The van der Waals surface area contributed by atoms with Crippen LogP contribution in [0.2, 0.25) is 10.0 Å². The number of hydrogen-bond acceptors (Lipinski definition) is 4. The van der Waals surface area contributed by atoms with Crippen LogP contribution in [0.4, 0.5) is 0 Å². The highest BCUT2D eigenvalue weighted by molar-refractivity contribution is 14.1. The van der Waals surface area contributed by atoms with Gasteiger partial charge in [0.15, 0.2) is 0 Å². The maximum absolute atomic E-state index is 13.3. The molecule has 0 bridgehead atoms. The molecule has 0 fully saturated rings. The van der Waals surface area contributed by atoms with Gasteiger partial charge >= 0.3 is 5.97 Å². The van der Waals surface area contributed by atoms with Crippen molar-refractivity contribution in [3.8, 4) is 16.9 Å². The number of nitrogens with one attached hydrogen (secondary N) is 2. The molecule has 5 rings (SSSR count). The third-order valence-electron chi connectivity index (χ3n) is 5.76. The molecule has 194 valence electrons. The zero-order valence-electron chi connectivity index (χ0n) is 19.8. The van der Waals surface area contributed by atoms with Crippen molar-refractivity contribution in [2.75, 3.05) is 0 Å². The topological polar surface area (TPSA) is 83.5 Å². The summed E-state index contributed by atoms with van der Waals surface area (Å²) in [6.45, 7) is 0. The van der Waals surface area contributed by atoms with Gasteiger partial charge in [-0.3, -0.25) is 4.79 Å². The van der Waals surface area contributed by atoms with E-state index in [1.807, 2.05) is 36.4 Å². The molecule has 0 aliphatic rings. The average molecular weight is 733 g/mol. The lowest BCUT2D eigenvalue weighted by atomic mass is 10.0. The number of nitrogens with zero attached hydrogens (tertiary/aromatic N) is 1. The molecule has 0 saturated heterocycles. The van der Waals surface area contributed by atoms with Gasteiger partial charge in [0.2, 0.25) is 0 Å². The number of fused-ring (bicyclic) bond motifs is 1. The number of hydrogen-bond donors (Lipinski definition) is 2. The summed E-state index contributed by atoms with van der Waals surface area (Å²) in [4.78, 5) is 29.2. The lowest BCUT2D eigenvalue weighted by Gasteiger charge is -2.09. The smallest absolute Gasteiger partial charge is 0.343 e. The number of hydrazone groups is 1. The average Bonchev–Trinajstić information content (AvgIpc) is 3.29. The van der Waals surface area contributed by atoms with Crippen molar-refractivity contribution in [3.05, 3.63) is 120 Å². The van der Waals surface area contributed by atoms with Gasteiger partial charge in [0.05, 0.1) is 11.8 Å². The fourth-order valence-electron chi connectivity index (χ4n) is 3.95. The molecule has 39 heavy (non-hydrogen) atoms. The normalized spacial score (nSPS) is 11.2. The number of aromatic nitrogens is 1. The molecule has 0 spiro atoms. The summed E-state index contributed by atoms with van der Waals surface area (Å²) in [5.41, 5.74) is 5.92. The summed E-state index contributed by atoms with van der Waals surface area (Å²) in [7, 11) is 0. The molecule has 5 aromatic rings. The predicted octanol–water partition coefficient (Wildman–Crippen LogP) is 8.49. The largest absolute Gasteiger partial charge is 0.422 e. The zero-order valence-corrected chi connectivity index (χ0v) is 25.1. The van der Waals surface area contributed by atoms with Gasteiger partial charge in [0.1, 0.15) is 11.4 Å². The molecule has 10 heteroatoms. The summed E-state index contributed by atoms with van der Waals surface area (Å²) in [6.07, 6.45) is 1.41. The third-order valence-corrected chi connectivity index (χ3v) is 7.50. The van der Waals surface area contributed by atoms with Crippen LogP contribution in [0, 0.1) is 3.57 Å². The predicted molar refractivity (Wildman–Crippen MR) is 167 cm³/mol. The van der Waals surface area contributed by atoms with E-state index in [2.05, 4.69) is 54.0 Å². The van der Waals surface area contributed by atoms with E-state index in [9.17, 15) is 9.59 Å². The minimum atomic E-state index is -0.551. The Kier molecular flexibility index (Phi) is 8.37. The Bertz CT molecular complexity index is 1750. The highest BCUT2D eigenvalue weighted by Crippen LogP contribution is 2.37. The van der Waals surface area contributed by atoms with Gasteiger partial charge in [-0.15, -0.1) is 0 Å². The van der Waals surface area contributed by atoms with Crippen LogP contribution < -0.4 is 10.2 Å². The molecule has 6 nitrogen and oxygen atoms in total. The molecule has 0 radical (unpaired) electrons. The maximum atomic E-state index is 13.3. The molecule has 0 atom stereocenters. The summed E-state index contributed by atoms with van der Waals surface area (Å²) < 4.78 is 7.35. The number of rotatable bonds is 6. The lowest BCUT2D eigenvalue weighted by molar-refractivity contribution is 0.0734. The fourth-order valence-corrected chi connectivity index (χ4v) is 5.18. The second-order valence-corrected chi connectivity index (χ2v) is 11.3. The fraction of sp³-hybridized carbons (Fsp3) is 0. The van der Waals surface area contributed by atoms with Crippen molar-refractivity contribution >= 4 is 90.7 Å². The zero-order chi connectivity index (χ0) is 27.5. The molecule has 1 aromatic heterocycles. The molecule has 0 saturated carbocycles. The third kappa shape index (κ3) is 6.19. The van der Waals surface area contributed by atoms with Crippen molar-refractivity contribution < 1.29 is 14.3 Å². The summed E-state index contributed by atoms with van der Waals surface area (Å²) in [5, 5.41) is 6.05. The van der Waals surface area contributed by atoms with Crippen molar-refractivity contribution in [3.63, 3.8) is 0 Å². The van der Waals surface area contributed by atoms with Crippen molar-refractivity contribution in [1.29, 1.82) is 0 Å². The number of ether oxygens (including phenoxy) is 1. The van der Waals surface area contributed by atoms with Gasteiger partial charge in [-0.1, -0.05) is 57.3 Å². The van der Waals surface area contributed by atoms with E-state index in [-0.39, 0.29) is 5.75 Å². The summed E-state index contributed by atoms with van der Waals surface area (Å²) in [5.74, 6) is -0.736. The molecule has 0 aliphatic carbocycles. The van der Waals surface area contributed by atoms with Gasteiger partial charge in [-0.05, 0) is 89.3 Å². The second kappa shape index (κ2) is 11.9. The van der Waals surface area contributed by atoms with Crippen LogP contribution in [0.15, 0.2) is 94.5 Å². The van der Waals surface area contributed by atoms with E-state index in [0.29, 0.717) is 32.4 Å². The number of carbonyl (C=O) groups excluding carboxylic acids is 2. The Morgan fingerprint density at radius 3 is 2.51 bits per heavy atom.